The van der Waals surface area contributed by atoms with Crippen molar-refractivity contribution in [2.45, 2.75) is 45.6 Å². The van der Waals surface area contributed by atoms with Gasteiger partial charge in [-0.15, -0.1) is 0 Å². The highest BCUT2D eigenvalue weighted by molar-refractivity contribution is 5.88. The third-order valence-corrected chi connectivity index (χ3v) is 2.78. The van der Waals surface area contributed by atoms with E-state index < -0.39 is 0 Å². The summed E-state index contributed by atoms with van der Waals surface area (Å²) in [6.07, 6.45) is 3.19. The number of hydrogen-bond donors (Lipinski definition) is 1. The molecule has 1 rings (SSSR count). The molecule has 0 saturated carbocycles. The van der Waals surface area contributed by atoms with Crippen LogP contribution in [0.25, 0.3) is 0 Å². The Morgan fingerprint density at radius 3 is 2.87 bits per heavy atom. The minimum Gasteiger partial charge on any atom is -0.353 e. The number of carbonyl (C=O) groups is 2. The van der Waals surface area contributed by atoms with E-state index in [-0.39, 0.29) is 17.9 Å². The molecule has 0 bridgehead atoms. The average Bonchev–Trinajstić information content (AvgIpc) is 2.25. The average molecular weight is 212 g/mol. The molecule has 2 amide bonds. The number of hydrogen-bond acceptors (Lipinski definition) is 2. The molecule has 86 valence electrons. The van der Waals surface area contributed by atoms with Crippen LogP contribution in [0, 0.1) is 0 Å². The zero-order valence-corrected chi connectivity index (χ0v) is 9.58. The van der Waals surface area contributed by atoms with Gasteiger partial charge in [-0.1, -0.05) is 20.3 Å². The Labute approximate surface area is 91.0 Å². The molecule has 1 unspecified atom stereocenters. The van der Waals surface area contributed by atoms with Gasteiger partial charge in [-0.05, 0) is 12.8 Å². The van der Waals surface area contributed by atoms with Gasteiger partial charge in [-0.3, -0.25) is 9.59 Å². The van der Waals surface area contributed by atoms with Crippen molar-refractivity contribution in [3.05, 3.63) is 0 Å². The lowest BCUT2D eigenvalue weighted by molar-refractivity contribution is -0.143. The normalized spacial score (nSPS) is 21.3. The van der Waals surface area contributed by atoms with Crippen molar-refractivity contribution >= 4 is 11.8 Å². The van der Waals surface area contributed by atoms with E-state index in [9.17, 15) is 9.59 Å². The van der Waals surface area contributed by atoms with Gasteiger partial charge in [0.25, 0.3) is 0 Å². The molecule has 4 heteroatoms. The maximum Gasteiger partial charge on any atom is 0.242 e. The van der Waals surface area contributed by atoms with Crippen molar-refractivity contribution in [1.29, 1.82) is 0 Å². The smallest absolute Gasteiger partial charge is 0.242 e. The van der Waals surface area contributed by atoms with Crippen LogP contribution >= 0.6 is 0 Å². The fraction of sp³-hybridized carbons (Fsp3) is 0.818. The van der Waals surface area contributed by atoms with Crippen LogP contribution in [0.2, 0.25) is 0 Å². The first-order valence-electron chi connectivity index (χ1n) is 5.77. The number of amides is 2. The van der Waals surface area contributed by atoms with Gasteiger partial charge in [-0.2, -0.15) is 0 Å². The minimum absolute atomic E-state index is 0.00593. The summed E-state index contributed by atoms with van der Waals surface area (Å²) in [4.78, 5) is 25.1. The molecule has 0 aromatic heterocycles. The zero-order valence-electron chi connectivity index (χ0n) is 9.58. The van der Waals surface area contributed by atoms with Crippen LogP contribution in [-0.4, -0.2) is 35.8 Å². The van der Waals surface area contributed by atoms with Crippen LogP contribution in [0.15, 0.2) is 0 Å². The predicted octanol–water partition coefficient (Wildman–Crippen LogP) is 0.914. The second-order valence-electron chi connectivity index (χ2n) is 3.91. The molecule has 0 aromatic rings. The largest absolute Gasteiger partial charge is 0.353 e. The molecule has 0 spiro atoms. The van der Waals surface area contributed by atoms with Crippen molar-refractivity contribution in [2.24, 2.45) is 0 Å². The highest BCUT2D eigenvalue weighted by Crippen LogP contribution is 2.11. The molecule has 1 aliphatic rings. The van der Waals surface area contributed by atoms with Gasteiger partial charge in [-0.25, -0.2) is 0 Å². The Balaban J connectivity index is 2.57. The predicted molar refractivity (Wildman–Crippen MR) is 58.3 cm³/mol. The van der Waals surface area contributed by atoms with Crippen molar-refractivity contribution in [3.8, 4) is 0 Å². The first-order valence-corrected chi connectivity index (χ1v) is 5.77. The van der Waals surface area contributed by atoms with Crippen molar-refractivity contribution in [3.63, 3.8) is 0 Å². The van der Waals surface area contributed by atoms with Gasteiger partial charge in [0.2, 0.25) is 11.8 Å². The molecular formula is C11H20N2O2. The van der Waals surface area contributed by atoms with Crippen LogP contribution in [0.1, 0.15) is 39.5 Å². The van der Waals surface area contributed by atoms with E-state index in [0.29, 0.717) is 25.9 Å². The zero-order chi connectivity index (χ0) is 11.3. The summed E-state index contributed by atoms with van der Waals surface area (Å²) in [5.41, 5.74) is 0. The first kappa shape index (κ1) is 12.0. The standard InChI is InChI=1S/C11H20N2O2/c1-3-5-6-10(14)13-8-7-12-11(15)9(13)4-2/h9H,3-8H2,1-2H3,(H,12,15). The van der Waals surface area contributed by atoms with E-state index in [1.165, 1.54) is 0 Å². The molecule has 1 N–H and O–H groups in total. The summed E-state index contributed by atoms with van der Waals surface area (Å²) in [5.74, 6) is 0.118. The van der Waals surface area contributed by atoms with E-state index in [1.807, 2.05) is 6.92 Å². The molecule has 0 radical (unpaired) electrons. The third-order valence-electron chi connectivity index (χ3n) is 2.78. The highest BCUT2D eigenvalue weighted by atomic mass is 16.2. The molecule has 4 nitrogen and oxygen atoms in total. The molecule has 1 atom stereocenters. The number of unbranched alkanes of at least 4 members (excludes halogenated alkanes) is 1. The second kappa shape index (κ2) is 5.73. The van der Waals surface area contributed by atoms with Crippen molar-refractivity contribution < 1.29 is 9.59 Å². The summed E-state index contributed by atoms with van der Waals surface area (Å²) in [6.45, 7) is 5.25. The maximum absolute atomic E-state index is 11.8. The van der Waals surface area contributed by atoms with Gasteiger partial charge < -0.3 is 10.2 Å². The van der Waals surface area contributed by atoms with Crippen LogP contribution in [0.5, 0.6) is 0 Å². The minimum atomic E-state index is -0.247. The van der Waals surface area contributed by atoms with Crippen LogP contribution in [0.4, 0.5) is 0 Å². The van der Waals surface area contributed by atoms with E-state index in [1.54, 1.807) is 4.90 Å². The highest BCUT2D eigenvalue weighted by Gasteiger charge is 2.30. The number of rotatable bonds is 4. The van der Waals surface area contributed by atoms with Gasteiger partial charge >= 0.3 is 0 Å². The van der Waals surface area contributed by atoms with Crippen molar-refractivity contribution in [1.82, 2.24) is 10.2 Å². The summed E-state index contributed by atoms with van der Waals surface area (Å²) in [6, 6.07) is -0.247. The number of piperazine rings is 1. The van der Waals surface area contributed by atoms with Crippen LogP contribution < -0.4 is 5.32 Å². The molecule has 15 heavy (non-hydrogen) atoms. The molecule has 1 saturated heterocycles. The SMILES string of the molecule is CCCCC(=O)N1CCNC(=O)C1CC. The number of nitrogens with one attached hydrogen (secondary N) is 1. The summed E-state index contributed by atoms with van der Waals surface area (Å²) < 4.78 is 0. The van der Waals surface area contributed by atoms with E-state index in [0.717, 1.165) is 12.8 Å². The molecule has 1 heterocycles. The van der Waals surface area contributed by atoms with E-state index in [4.69, 9.17) is 0 Å². The molecule has 0 aliphatic carbocycles. The lowest BCUT2D eigenvalue weighted by atomic mass is 10.1. The van der Waals surface area contributed by atoms with Crippen molar-refractivity contribution in [2.75, 3.05) is 13.1 Å². The molecule has 1 aliphatic heterocycles. The lowest BCUT2D eigenvalue weighted by Crippen LogP contribution is -2.56. The monoisotopic (exact) mass is 212 g/mol. The Kier molecular flexibility index (Phi) is 4.59. The summed E-state index contributed by atoms with van der Waals surface area (Å²) in [7, 11) is 0. The topological polar surface area (TPSA) is 49.4 Å². The second-order valence-corrected chi connectivity index (χ2v) is 3.91. The molecular weight excluding hydrogens is 192 g/mol. The Hall–Kier alpha value is -1.06. The third kappa shape index (κ3) is 2.94. The maximum atomic E-state index is 11.8. The van der Waals surface area contributed by atoms with E-state index >= 15 is 0 Å². The fourth-order valence-corrected chi connectivity index (χ4v) is 1.89. The van der Waals surface area contributed by atoms with Gasteiger partial charge in [0.1, 0.15) is 6.04 Å². The number of nitrogens with zero attached hydrogens (tertiary/aromatic N) is 1. The molecule has 0 aromatic carbocycles. The Bertz CT molecular complexity index is 241. The van der Waals surface area contributed by atoms with E-state index in [2.05, 4.69) is 12.2 Å². The Morgan fingerprint density at radius 1 is 1.53 bits per heavy atom. The first-order chi connectivity index (χ1) is 7.20. The summed E-state index contributed by atoms with van der Waals surface area (Å²) in [5, 5.41) is 2.79. The Morgan fingerprint density at radius 2 is 2.27 bits per heavy atom. The van der Waals surface area contributed by atoms with Gasteiger partial charge in [0, 0.05) is 19.5 Å². The fourth-order valence-electron chi connectivity index (χ4n) is 1.89. The van der Waals surface area contributed by atoms with Gasteiger partial charge in [0.05, 0.1) is 0 Å². The lowest BCUT2D eigenvalue weighted by Gasteiger charge is -2.34. The molecule has 1 fully saturated rings. The van der Waals surface area contributed by atoms with Crippen LogP contribution in [-0.2, 0) is 9.59 Å². The van der Waals surface area contributed by atoms with Gasteiger partial charge in [0.15, 0.2) is 0 Å². The number of carbonyl (C=O) groups excluding carboxylic acids is 2. The summed E-state index contributed by atoms with van der Waals surface area (Å²) >= 11 is 0. The quantitative estimate of drug-likeness (QED) is 0.753. The van der Waals surface area contributed by atoms with Crippen LogP contribution in [0.3, 0.4) is 0 Å².